The molecule has 29 heavy (non-hydrogen) atoms. The Morgan fingerprint density at radius 3 is 1.00 bits per heavy atom. The van der Waals surface area contributed by atoms with Crippen LogP contribution < -0.4 is 0 Å². The Morgan fingerprint density at radius 2 is 0.759 bits per heavy atom. The third-order valence-electron chi connectivity index (χ3n) is 3.57. The van der Waals surface area contributed by atoms with E-state index in [9.17, 15) is 0 Å². The zero-order valence-electron chi connectivity index (χ0n) is 16.0. The molecular formula is C28H21I. The highest BCUT2D eigenvalue weighted by Crippen LogP contribution is 2.00. The molecule has 4 aromatic rings. The van der Waals surface area contributed by atoms with Gasteiger partial charge in [-0.3, -0.25) is 0 Å². The lowest BCUT2D eigenvalue weighted by molar-refractivity contribution is 1.62. The van der Waals surface area contributed by atoms with Crippen LogP contribution in [0.25, 0.3) is 0 Å². The Labute approximate surface area is 187 Å². The second-order valence-corrected chi connectivity index (χ2v) is 7.03. The van der Waals surface area contributed by atoms with E-state index in [4.69, 9.17) is 6.42 Å². The molecule has 0 atom stereocenters. The summed E-state index contributed by atoms with van der Waals surface area (Å²) in [6, 6.07) is 39.8. The molecule has 0 unspecified atom stereocenters. The van der Waals surface area contributed by atoms with Crippen LogP contribution in [-0.2, 0) is 0 Å². The molecule has 0 heterocycles. The van der Waals surface area contributed by atoms with Crippen LogP contribution in [0.3, 0.4) is 0 Å². The first-order valence-electron chi connectivity index (χ1n) is 9.12. The molecule has 0 amide bonds. The van der Waals surface area contributed by atoms with Crippen LogP contribution in [0.1, 0.15) is 16.7 Å². The van der Waals surface area contributed by atoms with Gasteiger partial charge >= 0.3 is 0 Å². The molecule has 0 N–H and O–H groups in total. The first-order chi connectivity index (χ1) is 14.3. The van der Waals surface area contributed by atoms with E-state index in [1.54, 1.807) is 0 Å². The fraction of sp³-hybridized carbons (Fsp3) is 0. The van der Waals surface area contributed by atoms with Crippen molar-refractivity contribution in [2.45, 2.75) is 0 Å². The van der Waals surface area contributed by atoms with Crippen molar-refractivity contribution in [3.05, 3.63) is 142 Å². The lowest BCUT2D eigenvalue weighted by Crippen LogP contribution is -1.73. The monoisotopic (exact) mass is 484 g/mol. The van der Waals surface area contributed by atoms with E-state index in [1.807, 2.05) is 109 Å². The quantitative estimate of drug-likeness (QED) is 0.185. The van der Waals surface area contributed by atoms with Gasteiger partial charge in [-0.05, 0) is 71.1 Å². The van der Waals surface area contributed by atoms with Gasteiger partial charge in [0.15, 0.2) is 0 Å². The van der Waals surface area contributed by atoms with Gasteiger partial charge < -0.3 is 0 Å². The Balaban J connectivity index is 0.000000170. The van der Waals surface area contributed by atoms with Gasteiger partial charge in [0.1, 0.15) is 0 Å². The van der Waals surface area contributed by atoms with Crippen molar-refractivity contribution in [2.24, 2.45) is 0 Å². The molecule has 0 saturated heterocycles. The lowest BCUT2D eigenvalue weighted by Gasteiger charge is -1.88. The van der Waals surface area contributed by atoms with Crippen LogP contribution in [0.15, 0.2) is 121 Å². The normalized spacial score (nSPS) is 8.55. The molecule has 0 radical (unpaired) electrons. The summed E-state index contributed by atoms with van der Waals surface area (Å²) in [4.78, 5) is 0. The first kappa shape index (κ1) is 22.0. The molecule has 0 nitrogen and oxygen atoms in total. The highest BCUT2D eigenvalue weighted by atomic mass is 127. The van der Waals surface area contributed by atoms with E-state index in [1.165, 1.54) is 3.57 Å². The fourth-order valence-corrected chi connectivity index (χ4v) is 2.55. The Kier molecular flexibility index (Phi) is 10.5. The van der Waals surface area contributed by atoms with Crippen LogP contribution in [0.5, 0.6) is 0 Å². The maximum absolute atomic E-state index is 5.10. The summed E-state index contributed by atoms with van der Waals surface area (Å²) in [5, 5.41) is 0. The summed E-state index contributed by atoms with van der Waals surface area (Å²) in [6.07, 6.45) is 5.10. The van der Waals surface area contributed by atoms with Gasteiger partial charge in [-0.2, -0.15) is 0 Å². The average molecular weight is 484 g/mol. The Bertz CT molecular complexity index is 993. The predicted molar refractivity (Wildman–Crippen MR) is 132 cm³/mol. The molecule has 0 aliphatic rings. The summed E-state index contributed by atoms with van der Waals surface area (Å²) in [5.41, 5.74) is 3.04. The minimum Gasteiger partial charge on any atom is -0.115 e. The molecule has 0 aliphatic heterocycles. The lowest BCUT2D eigenvalue weighted by atomic mass is 10.2. The van der Waals surface area contributed by atoms with Crippen molar-refractivity contribution in [3.8, 4) is 24.2 Å². The highest BCUT2D eigenvalue weighted by Gasteiger charge is 1.83. The molecule has 0 saturated carbocycles. The largest absolute Gasteiger partial charge is 0.115 e. The molecule has 140 valence electrons. The van der Waals surface area contributed by atoms with E-state index in [0.717, 1.165) is 16.7 Å². The molecule has 0 aromatic heterocycles. The van der Waals surface area contributed by atoms with Gasteiger partial charge in [-0.1, -0.05) is 90.6 Å². The summed E-state index contributed by atoms with van der Waals surface area (Å²) in [7, 11) is 0. The van der Waals surface area contributed by atoms with Crippen LogP contribution in [0.4, 0.5) is 0 Å². The van der Waals surface area contributed by atoms with Gasteiger partial charge in [0, 0.05) is 20.3 Å². The molecule has 4 rings (SSSR count). The van der Waals surface area contributed by atoms with Gasteiger partial charge in [0.25, 0.3) is 0 Å². The Morgan fingerprint density at radius 1 is 0.448 bits per heavy atom. The van der Waals surface area contributed by atoms with Gasteiger partial charge in [-0.15, -0.1) is 6.42 Å². The molecule has 4 aromatic carbocycles. The van der Waals surface area contributed by atoms with Gasteiger partial charge in [0.2, 0.25) is 0 Å². The predicted octanol–water partition coefficient (Wildman–Crippen LogP) is 7.05. The number of hydrogen-bond acceptors (Lipinski definition) is 0. The van der Waals surface area contributed by atoms with Crippen LogP contribution in [-0.4, -0.2) is 0 Å². The molecule has 0 fully saturated rings. The van der Waals surface area contributed by atoms with E-state index in [0.29, 0.717) is 0 Å². The average Bonchev–Trinajstić information content (AvgIpc) is 2.81. The molecular weight excluding hydrogens is 463 g/mol. The zero-order chi connectivity index (χ0) is 20.6. The van der Waals surface area contributed by atoms with Gasteiger partial charge in [-0.25, -0.2) is 0 Å². The first-order valence-corrected chi connectivity index (χ1v) is 10.2. The summed E-state index contributed by atoms with van der Waals surface area (Å²) >= 11 is 2.28. The summed E-state index contributed by atoms with van der Waals surface area (Å²) in [5.74, 6) is 8.75. The van der Waals surface area contributed by atoms with Crippen LogP contribution in [0, 0.1) is 27.8 Å². The van der Waals surface area contributed by atoms with Crippen LogP contribution >= 0.6 is 22.6 Å². The van der Waals surface area contributed by atoms with E-state index < -0.39 is 0 Å². The minimum absolute atomic E-state index is 0.938. The molecule has 1 heteroatoms. The second kappa shape index (κ2) is 13.8. The van der Waals surface area contributed by atoms with Crippen molar-refractivity contribution in [1.82, 2.24) is 0 Å². The third-order valence-corrected chi connectivity index (χ3v) is 4.29. The summed E-state index contributed by atoms with van der Waals surface area (Å²) in [6.45, 7) is 0. The third kappa shape index (κ3) is 10.0. The maximum Gasteiger partial charge on any atom is 0.0249 e. The Hall–Kier alpha value is -3.27. The summed E-state index contributed by atoms with van der Waals surface area (Å²) < 4.78 is 1.29. The number of rotatable bonds is 0. The van der Waals surface area contributed by atoms with E-state index in [-0.39, 0.29) is 0 Å². The molecule has 0 spiro atoms. The minimum atomic E-state index is 0.938. The highest BCUT2D eigenvalue weighted by molar-refractivity contribution is 14.1. The number of halogens is 1. The van der Waals surface area contributed by atoms with Crippen molar-refractivity contribution in [2.75, 3.05) is 0 Å². The second-order valence-electron chi connectivity index (χ2n) is 5.79. The molecule has 0 bridgehead atoms. The van der Waals surface area contributed by atoms with E-state index >= 15 is 0 Å². The standard InChI is InChI=1S/C14H10.C8H6.C6H5I/c1-3-7-13(8-4-1)11-12-14-9-5-2-6-10-14;1-2-8-6-4-3-5-7-8;7-6-4-2-1-3-5-6/h1-10H;1,3-7H;1-5H. The van der Waals surface area contributed by atoms with Crippen molar-refractivity contribution < 1.29 is 0 Å². The van der Waals surface area contributed by atoms with Crippen molar-refractivity contribution in [3.63, 3.8) is 0 Å². The van der Waals surface area contributed by atoms with E-state index in [2.05, 4.69) is 52.5 Å². The number of hydrogen-bond donors (Lipinski definition) is 0. The fourth-order valence-electron chi connectivity index (χ4n) is 2.14. The zero-order valence-corrected chi connectivity index (χ0v) is 18.2. The number of benzene rings is 4. The topological polar surface area (TPSA) is 0 Å². The van der Waals surface area contributed by atoms with Crippen molar-refractivity contribution in [1.29, 1.82) is 0 Å². The van der Waals surface area contributed by atoms with Crippen LogP contribution in [0.2, 0.25) is 0 Å². The maximum atomic E-state index is 5.10. The smallest absolute Gasteiger partial charge is 0.0249 e. The van der Waals surface area contributed by atoms with Crippen molar-refractivity contribution >= 4 is 22.6 Å². The SMILES string of the molecule is C#Cc1ccccc1.C(#Cc1ccccc1)c1ccccc1.Ic1ccccc1. The van der Waals surface area contributed by atoms with Gasteiger partial charge in [0.05, 0.1) is 0 Å². The molecule has 0 aliphatic carbocycles. The number of terminal acetylenes is 1.